The zero-order valence-electron chi connectivity index (χ0n) is 5.81. The molecule has 0 spiro atoms. The zero-order chi connectivity index (χ0) is 8.27. The summed E-state index contributed by atoms with van der Waals surface area (Å²) in [7, 11) is 1.64. The van der Waals surface area contributed by atoms with Crippen LogP contribution in [0, 0.1) is 10.1 Å². The highest BCUT2D eigenvalue weighted by atomic mass is 16.6. The molecule has 0 aliphatic carbocycles. The first-order chi connectivity index (χ1) is 5.24. The van der Waals surface area contributed by atoms with Gasteiger partial charge in [0, 0.05) is 7.05 Å². The molecule has 6 nitrogen and oxygen atoms in total. The molecule has 0 unspecified atom stereocenters. The van der Waals surface area contributed by atoms with Gasteiger partial charge in [0.15, 0.2) is 0 Å². The van der Waals surface area contributed by atoms with Crippen LogP contribution in [0.3, 0.4) is 0 Å². The van der Waals surface area contributed by atoms with E-state index in [-0.39, 0.29) is 5.69 Å². The van der Waals surface area contributed by atoms with Crippen molar-refractivity contribution in [1.29, 1.82) is 0 Å². The van der Waals surface area contributed by atoms with E-state index in [0.717, 1.165) is 12.4 Å². The first-order valence-corrected chi connectivity index (χ1v) is 2.88. The smallest absolute Gasteiger partial charge is 0.305 e. The second-order valence-electron chi connectivity index (χ2n) is 1.77. The molecule has 1 heterocycles. The average Bonchev–Trinajstić information content (AvgIpc) is 2.05. The van der Waals surface area contributed by atoms with Crippen molar-refractivity contribution >= 4 is 11.6 Å². The first kappa shape index (κ1) is 7.39. The number of hydrogen-bond acceptors (Lipinski definition) is 5. The third-order valence-electron chi connectivity index (χ3n) is 1.07. The van der Waals surface area contributed by atoms with Crippen molar-refractivity contribution in [2.45, 2.75) is 0 Å². The first-order valence-electron chi connectivity index (χ1n) is 2.88. The van der Waals surface area contributed by atoms with E-state index in [0.29, 0.717) is 5.95 Å². The Labute approximate surface area is 62.4 Å². The van der Waals surface area contributed by atoms with Gasteiger partial charge in [-0.05, 0) is 0 Å². The van der Waals surface area contributed by atoms with Gasteiger partial charge in [-0.2, -0.15) is 0 Å². The van der Waals surface area contributed by atoms with Crippen LogP contribution in [0.15, 0.2) is 12.4 Å². The SMILES string of the molecule is CNc1ncc([N+](=O)[O-])cn1. The fraction of sp³-hybridized carbons (Fsp3) is 0.200. The van der Waals surface area contributed by atoms with Crippen molar-refractivity contribution in [3.05, 3.63) is 22.5 Å². The summed E-state index contributed by atoms with van der Waals surface area (Å²) in [5.74, 6) is 0.371. The van der Waals surface area contributed by atoms with Crippen molar-refractivity contribution in [3.63, 3.8) is 0 Å². The average molecular weight is 154 g/mol. The van der Waals surface area contributed by atoms with Gasteiger partial charge in [0.2, 0.25) is 5.95 Å². The number of nitro groups is 1. The standard InChI is InChI=1S/C5H6N4O2/c1-6-5-7-2-4(3-8-5)9(10)11/h2-3H,1H3,(H,6,7,8). The van der Waals surface area contributed by atoms with Crippen molar-refractivity contribution < 1.29 is 4.92 Å². The van der Waals surface area contributed by atoms with E-state index in [4.69, 9.17) is 0 Å². The van der Waals surface area contributed by atoms with E-state index < -0.39 is 4.92 Å². The molecule has 1 aromatic heterocycles. The summed E-state index contributed by atoms with van der Waals surface area (Å²) >= 11 is 0. The minimum atomic E-state index is -0.542. The fourth-order valence-electron chi connectivity index (χ4n) is 0.545. The van der Waals surface area contributed by atoms with Crippen LogP contribution in [-0.2, 0) is 0 Å². The Morgan fingerprint density at radius 1 is 1.55 bits per heavy atom. The molecule has 0 fully saturated rings. The number of anilines is 1. The van der Waals surface area contributed by atoms with Crippen LogP contribution >= 0.6 is 0 Å². The summed E-state index contributed by atoms with van der Waals surface area (Å²) in [5.41, 5.74) is -0.107. The van der Waals surface area contributed by atoms with Crippen molar-refractivity contribution in [2.75, 3.05) is 12.4 Å². The number of hydrogen-bond donors (Lipinski definition) is 1. The number of aromatic nitrogens is 2. The summed E-state index contributed by atoms with van der Waals surface area (Å²) in [6.07, 6.45) is 2.30. The van der Waals surface area contributed by atoms with Gasteiger partial charge >= 0.3 is 5.69 Å². The Kier molecular flexibility index (Phi) is 1.95. The maximum absolute atomic E-state index is 10.1. The van der Waals surface area contributed by atoms with Crippen LogP contribution in [-0.4, -0.2) is 21.9 Å². The third kappa shape index (κ3) is 1.60. The molecule has 1 aromatic rings. The molecule has 0 radical (unpaired) electrons. The third-order valence-corrected chi connectivity index (χ3v) is 1.07. The van der Waals surface area contributed by atoms with Crippen LogP contribution < -0.4 is 5.32 Å². The summed E-state index contributed by atoms with van der Waals surface area (Å²) in [6.45, 7) is 0. The van der Waals surface area contributed by atoms with Crippen LogP contribution in [0.4, 0.5) is 11.6 Å². The topological polar surface area (TPSA) is 81.0 Å². The van der Waals surface area contributed by atoms with E-state index in [1.165, 1.54) is 0 Å². The maximum atomic E-state index is 10.1. The monoisotopic (exact) mass is 154 g/mol. The Bertz CT molecular complexity index is 258. The predicted molar refractivity (Wildman–Crippen MR) is 38.2 cm³/mol. The molecular formula is C5H6N4O2. The van der Waals surface area contributed by atoms with E-state index >= 15 is 0 Å². The molecule has 1 N–H and O–H groups in total. The zero-order valence-corrected chi connectivity index (χ0v) is 5.81. The van der Waals surface area contributed by atoms with Gasteiger partial charge in [-0.25, -0.2) is 9.97 Å². The van der Waals surface area contributed by atoms with E-state index in [2.05, 4.69) is 15.3 Å². The molecule has 0 saturated carbocycles. The van der Waals surface area contributed by atoms with E-state index in [9.17, 15) is 10.1 Å². The van der Waals surface area contributed by atoms with Crippen LogP contribution in [0.5, 0.6) is 0 Å². The summed E-state index contributed by atoms with van der Waals surface area (Å²) in [4.78, 5) is 16.9. The molecular weight excluding hydrogens is 148 g/mol. The second-order valence-corrected chi connectivity index (χ2v) is 1.77. The van der Waals surface area contributed by atoms with Crippen LogP contribution in [0.2, 0.25) is 0 Å². The van der Waals surface area contributed by atoms with E-state index in [1.54, 1.807) is 7.05 Å². The van der Waals surface area contributed by atoms with Gasteiger partial charge in [0.25, 0.3) is 0 Å². The number of nitrogens with zero attached hydrogens (tertiary/aromatic N) is 3. The van der Waals surface area contributed by atoms with Gasteiger partial charge < -0.3 is 5.32 Å². The molecule has 0 saturated heterocycles. The summed E-state index contributed by atoms with van der Waals surface area (Å²) in [5, 5.41) is 12.8. The molecule has 0 aliphatic rings. The number of nitrogens with one attached hydrogen (secondary N) is 1. The molecule has 0 aromatic carbocycles. The van der Waals surface area contributed by atoms with Gasteiger partial charge in [0.1, 0.15) is 12.4 Å². The minimum absolute atomic E-state index is 0.107. The molecule has 6 heteroatoms. The van der Waals surface area contributed by atoms with Crippen molar-refractivity contribution in [3.8, 4) is 0 Å². The predicted octanol–water partition coefficient (Wildman–Crippen LogP) is 0.426. The lowest BCUT2D eigenvalue weighted by Crippen LogP contribution is -1.97. The fourth-order valence-corrected chi connectivity index (χ4v) is 0.545. The quantitative estimate of drug-likeness (QED) is 0.493. The molecule has 1 rings (SSSR count). The van der Waals surface area contributed by atoms with Crippen LogP contribution in [0.1, 0.15) is 0 Å². The van der Waals surface area contributed by atoms with Gasteiger partial charge in [-0.1, -0.05) is 0 Å². The van der Waals surface area contributed by atoms with Crippen molar-refractivity contribution in [1.82, 2.24) is 9.97 Å². The highest BCUT2D eigenvalue weighted by Crippen LogP contribution is 2.06. The molecule has 0 amide bonds. The number of rotatable bonds is 2. The summed E-state index contributed by atoms with van der Waals surface area (Å²) < 4.78 is 0. The van der Waals surface area contributed by atoms with Gasteiger partial charge in [-0.3, -0.25) is 10.1 Å². The van der Waals surface area contributed by atoms with Crippen LogP contribution in [0.25, 0.3) is 0 Å². The second kappa shape index (κ2) is 2.91. The molecule has 0 aliphatic heterocycles. The van der Waals surface area contributed by atoms with Crippen molar-refractivity contribution in [2.24, 2.45) is 0 Å². The normalized spacial score (nSPS) is 9.18. The van der Waals surface area contributed by atoms with E-state index in [1.807, 2.05) is 0 Å². The summed E-state index contributed by atoms with van der Waals surface area (Å²) in [6, 6.07) is 0. The molecule has 11 heavy (non-hydrogen) atoms. The minimum Gasteiger partial charge on any atom is -0.357 e. The Balaban J connectivity index is 2.91. The van der Waals surface area contributed by atoms with Gasteiger partial charge in [0.05, 0.1) is 4.92 Å². The molecule has 0 atom stereocenters. The lowest BCUT2D eigenvalue weighted by molar-refractivity contribution is -0.385. The van der Waals surface area contributed by atoms with Gasteiger partial charge in [-0.15, -0.1) is 0 Å². The molecule has 58 valence electrons. The lowest BCUT2D eigenvalue weighted by Gasteiger charge is -1.94. The Hall–Kier alpha value is -1.72. The lowest BCUT2D eigenvalue weighted by atomic mass is 10.6. The Morgan fingerprint density at radius 3 is 2.45 bits per heavy atom. The highest BCUT2D eigenvalue weighted by Gasteiger charge is 2.04. The largest absolute Gasteiger partial charge is 0.357 e. The Morgan fingerprint density at radius 2 is 2.09 bits per heavy atom. The maximum Gasteiger partial charge on any atom is 0.305 e. The highest BCUT2D eigenvalue weighted by molar-refractivity contribution is 5.29. The molecule has 0 bridgehead atoms.